The quantitative estimate of drug-likeness (QED) is 0.129. The maximum Gasteiger partial charge on any atom is 0.471 e. The molecule has 0 aromatic heterocycles. The van der Waals surface area contributed by atoms with Crippen molar-refractivity contribution in [2.24, 2.45) is 16.7 Å². The molecule has 0 N–H and O–H groups in total. The summed E-state index contributed by atoms with van der Waals surface area (Å²) in [5.41, 5.74) is -2.32. The molecule has 4 aromatic rings. The molecule has 11 heteroatoms. The van der Waals surface area contributed by atoms with Crippen LogP contribution in [-0.4, -0.2) is 66.2 Å². The van der Waals surface area contributed by atoms with Gasteiger partial charge in [-0.3, -0.25) is 9.59 Å². The van der Waals surface area contributed by atoms with Crippen molar-refractivity contribution in [3.8, 4) is 0 Å². The van der Waals surface area contributed by atoms with Crippen molar-refractivity contribution in [1.82, 2.24) is 9.80 Å². The molecule has 3 aliphatic heterocycles. The number of rotatable bonds is 2. The highest BCUT2D eigenvalue weighted by Crippen LogP contribution is 2.80. The van der Waals surface area contributed by atoms with Gasteiger partial charge in [-0.2, -0.15) is 26.3 Å². The summed E-state index contributed by atoms with van der Waals surface area (Å²) in [7, 11) is 0. The van der Waals surface area contributed by atoms with Crippen molar-refractivity contribution in [1.29, 1.82) is 0 Å². The van der Waals surface area contributed by atoms with Gasteiger partial charge in [-0.15, -0.1) is 0 Å². The third kappa shape index (κ3) is 3.38. The Bertz CT molecular complexity index is 2130. The standard InChI is InChI=1S/C41H30F6N2O3/c42-40(43,44)33(50)48-21-35-19-20-36(32-31(35)39(52-32,25-11-3-1-4-12-25)26-13-5-2-6-14-26)22-49(34(51)41(45,46)47)24-38(36)29-17-9-7-15-27(29)37(35,23-48)28-16-8-10-18-30(28)38/h1-20,31-32H,21-24H2. The van der Waals surface area contributed by atoms with E-state index in [1.54, 1.807) is 24.3 Å². The topological polar surface area (TPSA) is 49.9 Å². The number of hydrogen-bond donors (Lipinski definition) is 0. The van der Waals surface area contributed by atoms with E-state index in [9.17, 15) is 35.9 Å². The number of nitrogens with zero attached hydrogens (tertiary/aromatic N) is 2. The second kappa shape index (κ2) is 9.74. The van der Waals surface area contributed by atoms with Gasteiger partial charge in [0.2, 0.25) is 0 Å². The van der Waals surface area contributed by atoms with Crippen LogP contribution in [0.25, 0.3) is 0 Å². The summed E-state index contributed by atoms with van der Waals surface area (Å²) in [4.78, 5) is 28.6. The summed E-state index contributed by atoms with van der Waals surface area (Å²) < 4.78 is 94.1. The van der Waals surface area contributed by atoms with E-state index in [0.717, 1.165) is 20.9 Å². The van der Waals surface area contributed by atoms with E-state index >= 15 is 0 Å². The average molecular weight is 713 g/mol. The zero-order valence-corrected chi connectivity index (χ0v) is 27.4. The van der Waals surface area contributed by atoms with Gasteiger partial charge in [0.1, 0.15) is 5.60 Å². The summed E-state index contributed by atoms with van der Waals surface area (Å²) in [6.07, 6.45) is -7.41. The molecule has 0 saturated carbocycles. The lowest BCUT2D eigenvalue weighted by molar-refractivity contribution is -0.322. The minimum atomic E-state index is -5.15. The first-order valence-corrected chi connectivity index (χ1v) is 17.2. The Morgan fingerprint density at radius 2 is 0.904 bits per heavy atom. The Morgan fingerprint density at radius 1 is 0.538 bits per heavy atom. The monoisotopic (exact) mass is 712 g/mol. The summed E-state index contributed by atoms with van der Waals surface area (Å²) in [6.45, 7) is -1.29. The molecule has 2 amide bonds. The second-order valence-electron chi connectivity index (χ2n) is 15.1. The maximum absolute atomic E-state index is 14.5. The van der Waals surface area contributed by atoms with Crippen molar-refractivity contribution in [2.45, 2.75) is 34.9 Å². The Balaban J connectivity index is 1.36. The highest BCUT2D eigenvalue weighted by atomic mass is 19.4. The molecule has 0 radical (unpaired) electrons. The molecule has 2 aliphatic carbocycles. The minimum absolute atomic E-state index is 0.315. The maximum atomic E-state index is 14.5. The number of benzene rings is 4. The van der Waals surface area contributed by atoms with Crippen LogP contribution in [-0.2, 0) is 30.8 Å². The molecule has 4 spiro atoms. The van der Waals surface area contributed by atoms with Gasteiger partial charge in [0.05, 0.1) is 11.5 Å². The molecule has 3 saturated heterocycles. The van der Waals surface area contributed by atoms with Crippen LogP contribution < -0.4 is 0 Å². The van der Waals surface area contributed by atoms with Gasteiger partial charge in [-0.25, -0.2) is 0 Å². The zero-order valence-electron chi connectivity index (χ0n) is 27.4. The Kier molecular flexibility index (Phi) is 5.96. The molecule has 0 bridgehead atoms. The third-order valence-electron chi connectivity index (χ3n) is 13.3. The molecule has 4 aromatic carbocycles. The van der Waals surface area contributed by atoms with Crippen molar-refractivity contribution in [2.75, 3.05) is 26.2 Å². The molecule has 5 aliphatic rings. The Labute approximate surface area is 294 Å². The number of carbonyl (C=O) groups is 2. The van der Waals surface area contributed by atoms with E-state index in [1.165, 1.54) is 0 Å². The average Bonchev–Trinajstić information content (AvgIpc) is 3.62. The van der Waals surface area contributed by atoms with Gasteiger partial charge in [0, 0.05) is 48.3 Å². The van der Waals surface area contributed by atoms with E-state index in [2.05, 4.69) is 0 Å². The number of carbonyl (C=O) groups excluding carboxylic acids is 2. The first kappa shape index (κ1) is 31.8. The van der Waals surface area contributed by atoms with E-state index in [1.807, 2.05) is 97.1 Å². The Hall–Kier alpha value is -4.90. The molecule has 4 unspecified atom stereocenters. The molecule has 4 atom stereocenters. The fourth-order valence-corrected chi connectivity index (χ4v) is 11.7. The molecular formula is C41H30F6N2O3. The first-order chi connectivity index (χ1) is 24.8. The van der Waals surface area contributed by atoms with Gasteiger partial charge in [-0.05, 0) is 33.4 Å². The lowest BCUT2D eigenvalue weighted by atomic mass is 9.33. The summed E-state index contributed by atoms with van der Waals surface area (Å²) in [5, 5.41) is 0. The third-order valence-corrected chi connectivity index (χ3v) is 13.3. The van der Waals surface area contributed by atoms with Crippen LogP contribution >= 0.6 is 0 Å². The number of alkyl halides is 6. The van der Waals surface area contributed by atoms with Crippen molar-refractivity contribution in [3.63, 3.8) is 0 Å². The van der Waals surface area contributed by atoms with E-state index in [-0.39, 0.29) is 26.2 Å². The molecule has 264 valence electrons. The SMILES string of the molecule is O=C(N1CC23c4ccccc4C4(CN(C(=O)C(F)(F)F)CC45C=CC2(C1)C1OC(c2ccccc2)(c2ccccc2)C15)c1ccccc13)C(F)(F)F. The van der Waals surface area contributed by atoms with Crippen molar-refractivity contribution < 1.29 is 40.7 Å². The van der Waals surface area contributed by atoms with Crippen LogP contribution in [0.15, 0.2) is 121 Å². The lowest BCUT2D eigenvalue weighted by Gasteiger charge is -2.74. The molecule has 52 heavy (non-hydrogen) atoms. The molecular weight excluding hydrogens is 682 g/mol. The molecule has 5 nitrogen and oxygen atoms in total. The van der Waals surface area contributed by atoms with Crippen LogP contribution in [0.3, 0.4) is 0 Å². The van der Waals surface area contributed by atoms with Crippen LogP contribution in [0.1, 0.15) is 33.4 Å². The number of hydrogen-bond acceptors (Lipinski definition) is 3. The number of fused-ring (bicyclic) bond motifs is 11. The minimum Gasteiger partial charge on any atom is -0.360 e. The normalized spacial score (nSPS) is 32.9. The summed E-state index contributed by atoms with van der Waals surface area (Å²) in [5.74, 6) is -4.60. The number of halogens is 6. The van der Waals surface area contributed by atoms with Crippen LogP contribution in [0, 0.1) is 16.7 Å². The van der Waals surface area contributed by atoms with Crippen LogP contribution in [0.2, 0.25) is 0 Å². The predicted octanol–water partition coefficient (Wildman–Crippen LogP) is 6.90. The predicted molar refractivity (Wildman–Crippen MR) is 176 cm³/mol. The summed E-state index contributed by atoms with van der Waals surface area (Å²) >= 11 is 0. The molecule has 3 heterocycles. The fraction of sp³-hybridized carbons (Fsp3) is 0.317. The number of amides is 2. The molecule has 3 fully saturated rings. The largest absolute Gasteiger partial charge is 0.471 e. The smallest absolute Gasteiger partial charge is 0.360 e. The van der Waals surface area contributed by atoms with Crippen molar-refractivity contribution >= 4 is 11.8 Å². The van der Waals surface area contributed by atoms with Crippen molar-refractivity contribution in [3.05, 3.63) is 155 Å². The highest BCUT2D eigenvalue weighted by Gasteiger charge is 2.85. The van der Waals surface area contributed by atoms with Gasteiger partial charge in [-0.1, -0.05) is 121 Å². The van der Waals surface area contributed by atoms with E-state index in [0.29, 0.717) is 22.3 Å². The zero-order chi connectivity index (χ0) is 36.1. The van der Waals surface area contributed by atoms with E-state index < -0.39 is 63.4 Å². The second-order valence-corrected chi connectivity index (χ2v) is 15.1. The van der Waals surface area contributed by atoms with E-state index in [4.69, 9.17) is 4.74 Å². The lowest BCUT2D eigenvalue weighted by Crippen LogP contribution is -2.79. The summed E-state index contributed by atoms with van der Waals surface area (Å²) in [6, 6.07) is 33.2. The van der Waals surface area contributed by atoms with Crippen LogP contribution in [0.4, 0.5) is 26.3 Å². The van der Waals surface area contributed by atoms with Gasteiger partial charge >= 0.3 is 24.2 Å². The van der Waals surface area contributed by atoms with Gasteiger partial charge in [0.25, 0.3) is 0 Å². The first-order valence-electron chi connectivity index (χ1n) is 17.2. The van der Waals surface area contributed by atoms with Crippen LogP contribution in [0.5, 0.6) is 0 Å². The van der Waals surface area contributed by atoms with Gasteiger partial charge in [0.15, 0.2) is 0 Å². The Morgan fingerprint density at radius 3 is 1.33 bits per heavy atom. The molecule has 9 rings (SSSR count). The highest BCUT2D eigenvalue weighted by molar-refractivity contribution is 5.85. The fourth-order valence-electron chi connectivity index (χ4n) is 11.7. The van der Waals surface area contributed by atoms with Gasteiger partial charge < -0.3 is 14.5 Å². The number of ether oxygens (including phenoxy) is 1. The number of likely N-dealkylation sites (tertiary alicyclic amines) is 2.